The van der Waals surface area contributed by atoms with Crippen LogP contribution >= 0.6 is 0 Å². The summed E-state index contributed by atoms with van der Waals surface area (Å²) < 4.78 is 2.68. The Balaban J connectivity index is 2.10. The number of hydrogen-bond donors (Lipinski definition) is 1. The van der Waals surface area contributed by atoms with Gasteiger partial charge < -0.3 is 5.32 Å². The van der Waals surface area contributed by atoms with Crippen LogP contribution in [0.25, 0.3) is 17.0 Å². The van der Waals surface area contributed by atoms with Crippen LogP contribution in [0.2, 0.25) is 0 Å². The van der Waals surface area contributed by atoms with E-state index in [2.05, 4.69) is 20.5 Å². The minimum Gasteiger partial charge on any atom is -0.354 e. The third-order valence-electron chi connectivity index (χ3n) is 4.40. The van der Waals surface area contributed by atoms with Crippen molar-refractivity contribution in [2.24, 2.45) is 0 Å². The molecule has 3 aromatic rings. The maximum Gasteiger partial charge on any atom is 0.312 e. The van der Waals surface area contributed by atoms with Crippen LogP contribution in [-0.4, -0.2) is 36.8 Å². The van der Waals surface area contributed by atoms with E-state index < -0.39 is 11.6 Å². The number of nitrogens with zero attached hydrogens (tertiary/aromatic N) is 5. The lowest BCUT2D eigenvalue weighted by molar-refractivity contribution is -0.124. The maximum atomic E-state index is 12.9. The molecule has 0 spiro atoms. The highest BCUT2D eigenvalue weighted by molar-refractivity contribution is 5.79. The number of benzene rings is 1. The molecular weight excluding hydrogens is 344 g/mol. The molecule has 27 heavy (non-hydrogen) atoms. The number of aryl methyl sites for hydroxylation is 2. The van der Waals surface area contributed by atoms with Crippen molar-refractivity contribution < 1.29 is 4.79 Å². The van der Waals surface area contributed by atoms with E-state index in [1.807, 2.05) is 45.0 Å². The average Bonchev–Trinajstić information content (AvgIpc) is 3.12. The van der Waals surface area contributed by atoms with Crippen molar-refractivity contribution in [3.63, 3.8) is 0 Å². The molecule has 1 aromatic carbocycles. The van der Waals surface area contributed by atoms with Crippen molar-refractivity contribution in [2.45, 2.75) is 46.6 Å². The van der Waals surface area contributed by atoms with Crippen LogP contribution in [0.1, 0.15) is 44.6 Å². The lowest BCUT2D eigenvalue weighted by Gasteiger charge is -2.14. The van der Waals surface area contributed by atoms with E-state index in [0.29, 0.717) is 24.6 Å². The monoisotopic (exact) mass is 368 g/mol. The number of amides is 1. The predicted molar refractivity (Wildman–Crippen MR) is 103 cm³/mol. The molecule has 0 aliphatic carbocycles. The van der Waals surface area contributed by atoms with E-state index in [0.717, 1.165) is 17.5 Å². The third kappa shape index (κ3) is 3.60. The number of nitrogens with one attached hydrogen (secondary N) is 1. The van der Waals surface area contributed by atoms with E-state index in [1.54, 1.807) is 6.92 Å². The van der Waals surface area contributed by atoms with Crippen molar-refractivity contribution in [3.05, 3.63) is 46.0 Å². The summed E-state index contributed by atoms with van der Waals surface area (Å²) >= 11 is 0. The van der Waals surface area contributed by atoms with Crippen LogP contribution in [0, 0.1) is 6.92 Å². The standard InChI is InChI=1S/C19H24N6O2/c1-5-11-20-18(26)13(4)24-19(27)17-21-16(14-9-7-12(3)8-10-14)23-25(17)15(6-2)22-24/h7-10,13H,5-6,11H2,1-4H3,(H,20,26). The lowest BCUT2D eigenvalue weighted by Crippen LogP contribution is -2.38. The van der Waals surface area contributed by atoms with Crippen LogP contribution in [0.4, 0.5) is 0 Å². The number of aromatic nitrogens is 5. The number of fused-ring (bicyclic) bond motifs is 1. The quantitative estimate of drug-likeness (QED) is 0.717. The highest BCUT2D eigenvalue weighted by Gasteiger charge is 2.22. The molecular formula is C19H24N6O2. The molecule has 1 N–H and O–H groups in total. The van der Waals surface area contributed by atoms with Gasteiger partial charge in [0.1, 0.15) is 6.04 Å². The Morgan fingerprint density at radius 3 is 2.52 bits per heavy atom. The molecule has 0 saturated heterocycles. The first-order valence-corrected chi connectivity index (χ1v) is 9.19. The summed E-state index contributed by atoms with van der Waals surface area (Å²) in [5.74, 6) is 0.797. The molecule has 0 saturated carbocycles. The minimum atomic E-state index is -0.723. The lowest BCUT2D eigenvalue weighted by atomic mass is 10.1. The Labute approximate surface area is 157 Å². The van der Waals surface area contributed by atoms with Gasteiger partial charge in [0.2, 0.25) is 11.6 Å². The Kier molecular flexibility index (Phi) is 5.34. The molecule has 0 bridgehead atoms. The molecule has 3 rings (SSSR count). The van der Waals surface area contributed by atoms with Crippen LogP contribution in [0.15, 0.2) is 29.1 Å². The number of rotatable bonds is 6. The van der Waals surface area contributed by atoms with Crippen molar-refractivity contribution in [1.82, 2.24) is 29.7 Å². The van der Waals surface area contributed by atoms with Gasteiger partial charge in [-0.3, -0.25) is 9.59 Å². The summed E-state index contributed by atoms with van der Waals surface area (Å²) in [6.07, 6.45) is 1.38. The van der Waals surface area contributed by atoms with Crippen LogP contribution < -0.4 is 10.9 Å². The molecule has 1 atom stereocenters. The van der Waals surface area contributed by atoms with Crippen molar-refractivity contribution >= 4 is 11.6 Å². The molecule has 1 unspecified atom stereocenters. The smallest absolute Gasteiger partial charge is 0.312 e. The zero-order chi connectivity index (χ0) is 19.6. The first-order chi connectivity index (χ1) is 13.0. The second-order valence-electron chi connectivity index (χ2n) is 6.52. The molecule has 1 amide bonds. The molecule has 8 nitrogen and oxygen atoms in total. The van der Waals surface area contributed by atoms with Crippen LogP contribution in [-0.2, 0) is 11.2 Å². The van der Waals surface area contributed by atoms with Gasteiger partial charge in [-0.1, -0.05) is 43.7 Å². The van der Waals surface area contributed by atoms with E-state index in [1.165, 1.54) is 9.20 Å². The average molecular weight is 368 g/mol. The van der Waals surface area contributed by atoms with Gasteiger partial charge in [-0.2, -0.15) is 9.61 Å². The Hall–Kier alpha value is -3.03. The maximum absolute atomic E-state index is 12.9. The normalized spacial score (nSPS) is 12.3. The minimum absolute atomic E-state index is 0.174. The largest absolute Gasteiger partial charge is 0.354 e. The number of carbonyl (C=O) groups excluding carboxylic acids is 1. The van der Waals surface area contributed by atoms with Crippen molar-refractivity contribution in [2.75, 3.05) is 6.54 Å². The van der Waals surface area contributed by atoms with Crippen molar-refractivity contribution in [3.8, 4) is 11.4 Å². The fourth-order valence-corrected chi connectivity index (χ4v) is 2.76. The molecule has 0 radical (unpaired) electrons. The highest BCUT2D eigenvalue weighted by Crippen LogP contribution is 2.17. The second-order valence-corrected chi connectivity index (χ2v) is 6.52. The van der Waals surface area contributed by atoms with Gasteiger partial charge in [-0.15, -0.1) is 5.10 Å². The van der Waals surface area contributed by atoms with Gasteiger partial charge >= 0.3 is 5.56 Å². The van der Waals surface area contributed by atoms with Gasteiger partial charge in [0.25, 0.3) is 0 Å². The molecule has 0 aliphatic rings. The summed E-state index contributed by atoms with van der Waals surface area (Å²) in [4.78, 5) is 29.6. The molecule has 2 heterocycles. The fourth-order valence-electron chi connectivity index (χ4n) is 2.76. The topological polar surface area (TPSA) is 94.2 Å². The number of carbonyl (C=O) groups is 1. The zero-order valence-electron chi connectivity index (χ0n) is 16.1. The Bertz CT molecular complexity index is 1020. The Morgan fingerprint density at radius 2 is 1.89 bits per heavy atom. The van der Waals surface area contributed by atoms with E-state index >= 15 is 0 Å². The third-order valence-corrected chi connectivity index (χ3v) is 4.40. The zero-order valence-corrected chi connectivity index (χ0v) is 16.1. The molecule has 2 aromatic heterocycles. The Morgan fingerprint density at radius 1 is 1.19 bits per heavy atom. The van der Waals surface area contributed by atoms with Gasteiger partial charge in [0.15, 0.2) is 11.6 Å². The van der Waals surface area contributed by atoms with Gasteiger partial charge in [-0.05, 0) is 20.3 Å². The molecule has 0 aliphatic heterocycles. The fraction of sp³-hybridized carbons (Fsp3) is 0.421. The summed E-state index contributed by atoms with van der Waals surface area (Å²) in [5.41, 5.74) is 1.70. The molecule has 0 fully saturated rings. The van der Waals surface area contributed by atoms with E-state index in [9.17, 15) is 9.59 Å². The van der Waals surface area contributed by atoms with Gasteiger partial charge in [-0.25, -0.2) is 9.67 Å². The molecule has 8 heteroatoms. The predicted octanol–water partition coefficient (Wildman–Crippen LogP) is 1.91. The molecule has 142 valence electrons. The summed E-state index contributed by atoms with van der Waals surface area (Å²) in [6.45, 7) is 8.12. The van der Waals surface area contributed by atoms with Crippen LogP contribution in [0.5, 0.6) is 0 Å². The second kappa shape index (κ2) is 7.69. The number of hydrogen-bond acceptors (Lipinski definition) is 5. The first kappa shape index (κ1) is 18.8. The summed E-state index contributed by atoms with van der Waals surface area (Å²) in [5, 5.41) is 11.6. The SMILES string of the molecule is CCCNC(=O)C(C)n1nc(CC)n2nc(-c3ccc(C)cc3)nc2c1=O. The van der Waals surface area contributed by atoms with Gasteiger partial charge in [0, 0.05) is 18.5 Å². The summed E-state index contributed by atoms with van der Waals surface area (Å²) in [7, 11) is 0. The van der Waals surface area contributed by atoms with E-state index in [4.69, 9.17) is 0 Å². The first-order valence-electron chi connectivity index (χ1n) is 9.19. The summed E-state index contributed by atoms with van der Waals surface area (Å²) in [6, 6.07) is 7.06. The highest BCUT2D eigenvalue weighted by atomic mass is 16.2. The van der Waals surface area contributed by atoms with Gasteiger partial charge in [0.05, 0.1) is 0 Å². The van der Waals surface area contributed by atoms with Crippen molar-refractivity contribution in [1.29, 1.82) is 0 Å². The van der Waals surface area contributed by atoms with Crippen LogP contribution in [0.3, 0.4) is 0 Å². The van der Waals surface area contributed by atoms with E-state index in [-0.39, 0.29) is 11.6 Å².